The summed E-state index contributed by atoms with van der Waals surface area (Å²) in [5.41, 5.74) is 6.27. The number of benzene rings is 1. The number of carbonyl (C=O) groups is 1. The first kappa shape index (κ1) is 14.8. The maximum absolute atomic E-state index is 11.7. The van der Waals surface area contributed by atoms with Crippen molar-refractivity contribution in [2.75, 3.05) is 18.9 Å². The number of anilines is 1. The molecule has 0 aliphatic rings. The first-order valence-electron chi connectivity index (χ1n) is 5.98. The molecule has 0 saturated heterocycles. The zero-order valence-electron chi connectivity index (χ0n) is 10.2. The maximum Gasteiger partial charge on any atom is 0.339 e. The lowest BCUT2D eigenvalue weighted by atomic mass is 10.2. The molecule has 1 rings (SSSR count). The summed E-state index contributed by atoms with van der Waals surface area (Å²) in [5.74, 6) is -0.450. The van der Waals surface area contributed by atoms with Gasteiger partial charge in [-0.2, -0.15) is 0 Å². The van der Waals surface area contributed by atoms with Crippen LogP contribution in [-0.4, -0.2) is 24.3 Å². The Morgan fingerprint density at radius 1 is 1.28 bits per heavy atom. The van der Waals surface area contributed by atoms with Gasteiger partial charge in [0.15, 0.2) is 0 Å². The van der Waals surface area contributed by atoms with E-state index < -0.39 is 5.97 Å². The van der Waals surface area contributed by atoms with Crippen molar-refractivity contribution in [1.29, 1.82) is 0 Å². The van der Waals surface area contributed by atoms with E-state index in [4.69, 9.17) is 27.2 Å². The Morgan fingerprint density at radius 3 is 2.72 bits per heavy atom. The van der Waals surface area contributed by atoms with Gasteiger partial charge in [-0.05, 0) is 31.4 Å². The average molecular weight is 272 g/mol. The number of ether oxygens (including phenoxy) is 1. The second kappa shape index (κ2) is 7.95. The molecule has 0 aliphatic carbocycles. The molecule has 0 atom stereocenters. The van der Waals surface area contributed by atoms with Gasteiger partial charge in [-0.3, -0.25) is 0 Å². The van der Waals surface area contributed by atoms with Gasteiger partial charge in [-0.25, -0.2) is 4.79 Å². The summed E-state index contributed by atoms with van der Waals surface area (Å²) in [5, 5.41) is 8.84. The van der Waals surface area contributed by atoms with E-state index in [1.807, 2.05) is 0 Å². The van der Waals surface area contributed by atoms with E-state index in [0.717, 1.165) is 25.7 Å². The zero-order valence-corrected chi connectivity index (χ0v) is 10.9. The molecule has 4 nitrogen and oxygen atoms in total. The molecule has 5 heteroatoms. The van der Waals surface area contributed by atoms with Crippen LogP contribution in [-0.2, 0) is 4.74 Å². The van der Waals surface area contributed by atoms with Crippen LogP contribution >= 0.6 is 11.6 Å². The van der Waals surface area contributed by atoms with E-state index in [1.54, 1.807) is 18.2 Å². The summed E-state index contributed by atoms with van der Waals surface area (Å²) in [6, 6.07) is 4.89. The fraction of sp³-hybridized carbons (Fsp3) is 0.462. The molecule has 1 aromatic carbocycles. The molecule has 0 heterocycles. The third kappa shape index (κ3) is 4.55. The summed E-state index contributed by atoms with van der Waals surface area (Å²) >= 11 is 5.92. The number of hydrogen-bond acceptors (Lipinski definition) is 4. The number of halogens is 1. The molecule has 0 unspecified atom stereocenters. The zero-order chi connectivity index (χ0) is 13.4. The van der Waals surface area contributed by atoms with Gasteiger partial charge >= 0.3 is 5.97 Å². The predicted molar refractivity (Wildman–Crippen MR) is 71.7 cm³/mol. The Hall–Kier alpha value is -1.26. The van der Waals surface area contributed by atoms with Crippen molar-refractivity contribution < 1.29 is 14.6 Å². The van der Waals surface area contributed by atoms with Crippen molar-refractivity contribution in [2.45, 2.75) is 25.7 Å². The van der Waals surface area contributed by atoms with Crippen LogP contribution in [0.5, 0.6) is 0 Å². The van der Waals surface area contributed by atoms with Crippen molar-refractivity contribution in [1.82, 2.24) is 0 Å². The molecule has 0 spiro atoms. The van der Waals surface area contributed by atoms with Gasteiger partial charge in [0.2, 0.25) is 0 Å². The molecule has 0 amide bonds. The van der Waals surface area contributed by atoms with Crippen molar-refractivity contribution in [3.8, 4) is 0 Å². The van der Waals surface area contributed by atoms with E-state index in [1.165, 1.54) is 0 Å². The number of aliphatic hydroxyl groups is 1. The molecule has 0 fully saturated rings. The topological polar surface area (TPSA) is 72.6 Å². The minimum Gasteiger partial charge on any atom is -0.462 e. The molecule has 100 valence electrons. The smallest absolute Gasteiger partial charge is 0.339 e. The van der Waals surface area contributed by atoms with E-state index in [-0.39, 0.29) is 11.6 Å². The summed E-state index contributed by atoms with van der Waals surface area (Å²) in [7, 11) is 0. The highest BCUT2D eigenvalue weighted by Gasteiger charge is 2.12. The lowest BCUT2D eigenvalue weighted by Gasteiger charge is -2.07. The lowest BCUT2D eigenvalue weighted by Crippen LogP contribution is -2.08. The molecule has 0 saturated carbocycles. The normalized spacial score (nSPS) is 10.3. The summed E-state index contributed by atoms with van der Waals surface area (Å²) in [4.78, 5) is 11.7. The van der Waals surface area contributed by atoms with Crippen LogP contribution in [0.25, 0.3) is 0 Å². The Bertz CT molecular complexity index is 396. The van der Waals surface area contributed by atoms with Gasteiger partial charge in [0.05, 0.1) is 22.9 Å². The third-order valence-corrected chi connectivity index (χ3v) is 2.96. The minimum atomic E-state index is -0.450. The van der Waals surface area contributed by atoms with Gasteiger partial charge < -0.3 is 15.6 Å². The molecule has 3 N–H and O–H groups in total. The molecular weight excluding hydrogens is 254 g/mol. The van der Waals surface area contributed by atoms with Gasteiger partial charge in [-0.15, -0.1) is 0 Å². The number of rotatable bonds is 7. The third-order valence-electron chi connectivity index (χ3n) is 2.53. The largest absolute Gasteiger partial charge is 0.462 e. The highest BCUT2D eigenvalue weighted by Crippen LogP contribution is 2.23. The number of carbonyl (C=O) groups excluding carboxylic acids is 1. The van der Waals surface area contributed by atoms with Crippen LogP contribution in [0.1, 0.15) is 36.0 Å². The van der Waals surface area contributed by atoms with Crippen LogP contribution in [0.2, 0.25) is 5.02 Å². The Kier molecular flexibility index (Phi) is 6.54. The first-order valence-corrected chi connectivity index (χ1v) is 6.36. The Labute approximate surface area is 112 Å². The summed E-state index contributed by atoms with van der Waals surface area (Å²) in [6.07, 6.45) is 3.44. The van der Waals surface area contributed by atoms with Gasteiger partial charge in [0, 0.05) is 6.61 Å². The van der Waals surface area contributed by atoms with Gasteiger partial charge in [0.25, 0.3) is 0 Å². The van der Waals surface area contributed by atoms with E-state index in [2.05, 4.69) is 0 Å². The predicted octanol–water partition coefficient (Wildman–Crippen LogP) is 2.63. The Balaban J connectivity index is 2.35. The molecular formula is C13H18ClNO3. The average Bonchev–Trinajstić information content (AvgIpc) is 2.36. The minimum absolute atomic E-state index is 0.207. The van der Waals surface area contributed by atoms with Crippen molar-refractivity contribution >= 4 is 23.3 Å². The van der Waals surface area contributed by atoms with Crippen LogP contribution in [0.15, 0.2) is 18.2 Å². The molecule has 0 radical (unpaired) electrons. The van der Waals surface area contributed by atoms with E-state index >= 15 is 0 Å². The van der Waals surface area contributed by atoms with Gasteiger partial charge in [-0.1, -0.05) is 24.1 Å². The number of aliphatic hydroxyl groups excluding tert-OH is 1. The maximum atomic E-state index is 11.7. The monoisotopic (exact) mass is 271 g/mol. The first-order chi connectivity index (χ1) is 8.66. The van der Waals surface area contributed by atoms with Crippen LogP contribution in [0.4, 0.5) is 5.69 Å². The van der Waals surface area contributed by atoms with Crippen molar-refractivity contribution in [2.24, 2.45) is 0 Å². The van der Waals surface area contributed by atoms with Crippen LogP contribution < -0.4 is 5.73 Å². The number of nitrogen functional groups attached to an aromatic ring is 1. The number of esters is 1. The van der Waals surface area contributed by atoms with Crippen molar-refractivity contribution in [3.05, 3.63) is 28.8 Å². The second-order valence-corrected chi connectivity index (χ2v) is 4.36. The number of nitrogens with two attached hydrogens (primary N) is 1. The number of hydrogen-bond donors (Lipinski definition) is 2. The highest BCUT2D eigenvalue weighted by atomic mass is 35.5. The molecule has 0 bridgehead atoms. The van der Waals surface area contributed by atoms with Crippen LogP contribution in [0, 0.1) is 0 Å². The van der Waals surface area contributed by atoms with Crippen LogP contribution in [0.3, 0.4) is 0 Å². The highest BCUT2D eigenvalue weighted by molar-refractivity contribution is 6.36. The quantitative estimate of drug-likeness (QED) is 0.454. The van der Waals surface area contributed by atoms with Gasteiger partial charge in [0.1, 0.15) is 0 Å². The van der Waals surface area contributed by atoms with E-state index in [9.17, 15) is 4.79 Å². The fourth-order valence-electron chi connectivity index (χ4n) is 1.52. The number of unbranched alkanes of at least 4 members (excludes halogenated alkanes) is 3. The SMILES string of the molecule is Nc1cccc(C(=O)OCCCCCCO)c1Cl. The fourth-order valence-corrected chi connectivity index (χ4v) is 1.72. The molecule has 0 aromatic heterocycles. The molecule has 0 aliphatic heterocycles. The molecule has 1 aromatic rings. The van der Waals surface area contributed by atoms with E-state index in [0.29, 0.717) is 17.9 Å². The summed E-state index contributed by atoms with van der Waals surface area (Å²) in [6.45, 7) is 0.564. The lowest BCUT2D eigenvalue weighted by molar-refractivity contribution is 0.0497. The van der Waals surface area contributed by atoms with Crippen molar-refractivity contribution in [3.63, 3.8) is 0 Å². The Morgan fingerprint density at radius 2 is 2.00 bits per heavy atom. The molecule has 18 heavy (non-hydrogen) atoms. The summed E-state index contributed by atoms with van der Waals surface area (Å²) < 4.78 is 5.10. The standard InChI is InChI=1S/C13H18ClNO3/c14-12-10(6-5-7-11(12)15)13(17)18-9-4-2-1-3-8-16/h5-7,16H,1-4,8-9,15H2. The second-order valence-electron chi connectivity index (χ2n) is 3.98.